The zero-order chi connectivity index (χ0) is 22.8. The van der Waals surface area contributed by atoms with Crippen LogP contribution in [0.4, 0.5) is 4.39 Å². The van der Waals surface area contributed by atoms with E-state index in [0.717, 1.165) is 18.8 Å². The number of fused-ring (bicyclic) bond motifs is 2. The standard InChI is InChI=1S/C24H24FN5O3/c1-23-13-30(12-15-6-8-27-29-15)9-7-24(23,33-23)18-3-4-19-17(21(18)25)10-14(11-26-19)16-2-5-20(31)28-22(16)32/h3-4,6,8,10-11,16H,2,5,7,9,12-13H2,1H3,(H,27,29)(H,28,31,32). The van der Waals surface area contributed by atoms with Crippen LogP contribution in [0.3, 0.4) is 0 Å². The summed E-state index contributed by atoms with van der Waals surface area (Å²) >= 11 is 0. The Kier molecular flexibility index (Phi) is 4.44. The highest BCUT2D eigenvalue weighted by Gasteiger charge is 2.70. The maximum Gasteiger partial charge on any atom is 0.234 e. The SMILES string of the molecule is CC12CN(Cc3ccn[nH]3)CCC1(c1ccc3ncc(C4CCC(=O)NC4=O)cc3c1F)O2. The van der Waals surface area contributed by atoms with E-state index in [1.165, 1.54) is 0 Å². The molecule has 2 N–H and O–H groups in total. The number of carbonyl (C=O) groups is 2. The van der Waals surface area contributed by atoms with Gasteiger partial charge in [0.05, 0.1) is 11.4 Å². The molecule has 3 saturated heterocycles. The van der Waals surface area contributed by atoms with Gasteiger partial charge in [0.15, 0.2) is 0 Å². The summed E-state index contributed by atoms with van der Waals surface area (Å²) in [5, 5.41) is 9.73. The van der Waals surface area contributed by atoms with Gasteiger partial charge >= 0.3 is 0 Å². The Morgan fingerprint density at radius 3 is 2.94 bits per heavy atom. The molecule has 0 aliphatic carbocycles. The molecule has 5 heterocycles. The molecular formula is C24H24FN5O3. The van der Waals surface area contributed by atoms with Crippen LogP contribution in [0.1, 0.15) is 48.9 Å². The minimum atomic E-state index is -0.666. The maximum atomic E-state index is 15.9. The maximum absolute atomic E-state index is 15.9. The van der Waals surface area contributed by atoms with Crippen LogP contribution < -0.4 is 5.32 Å². The molecule has 8 nitrogen and oxygen atoms in total. The molecule has 1 aromatic carbocycles. The van der Waals surface area contributed by atoms with E-state index in [9.17, 15) is 9.59 Å². The smallest absolute Gasteiger partial charge is 0.234 e. The average Bonchev–Trinajstić information content (AvgIpc) is 3.11. The lowest BCUT2D eigenvalue weighted by molar-refractivity contribution is -0.134. The third-order valence-electron chi connectivity index (χ3n) is 7.37. The molecule has 6 rings (SSSR count). The fraction of sp³-hybridized carbons (Fsp3) is 0.417. The minimum Gasteiger partial charge on any atom is -0.356 e. The first-order chi connectivity index (χ1) is 15.9. The number of pyridine rings is 1. The van der Waals surface area contributed by atoms with Crippen molar-refractivity contribution in [3.63, 3.8) is 0 Å². The Morgan fingerprint density at radius 2 is 2.18 bits per heavy atom. The molecule has 3 aromatic rings. The molecule has 3 unspecified atom stereocenters. The average molecular weight is 449 g/mol. The number of piperidine rings is 2. The van der Waals surface area contributed by atoms with Gasteiger partial charge in [-0.15, -0.1) is 0 Å². The zero-order valence-electron chi connectivity index (χ0n) is 18.2. The van der Waals surface area contributed by atoms with E-state index in [1.54, 1.807) is 24.5 Å². The second-order valence-corrected chi connectivity index (χ2v) is 9.47. The van der Waals surface area contributed by atoms with Gasteiger partial charge in [-0.1, -0.05) is 6.07 Å². The molecule has 3 aliphatic rings. The van der Waals surface area contributed by atoms with E-state index < -0.39 is 17.1 Å². The molecule has 0 radical (unpaired) electrons. The number of H-pyrrole nitrogens is 1. The second kappa shape index (κ2) is 7.16. The van der Waals surface area contributed by atoms with Crippen LogP contribution in [0.2, 0.25) is 0 Å². The number of amides is 2. The Hall–Kier alpha value is -3.17. The minimum absolute atomic E-state index is 0.265. The predicted octanol–water partition coefficient (Wildman–Crippen LogP) is 2.51. The van der Waals surface area contributed by atoms with Gasteiger partial charge in [0, 0.05) is 55.1 Å². The molecule has 9 heteroatoms. The van der Waals surface area contributed by atoms with E-state index in [0.29, 0.717) is 41.4 Å². The molecular weight excluding hydrogens is 425 g/mol. The lowest BCUT2D eigenvalue weighted by atomic mass is 9.80. The van der Waals surface area contributed by atoms with Crippen LogP contribution in [0.15, 0.2) is 36.7 Å². The fourth-order valence-corrected chi connectivity index (χ4v) is 5.57. The highest BCUT2D eigenvalue weighted by molar-refractivity contribution is 6.01. The summed E-state index contributed by atoms with van der Waals surface area (Å²) in [6.07, 6.45) is 4.68. The molecule has 2 amide bonds. The Labute approximate surface area is 189 Å². The van der Waals surface area contributed by atoms with Crippen LogP contribution >= 0.6 is 0 Å². The number of imide groups is 1. The van der Waals surface area contributed by atoms with Crippen molar-refractivity contribution in [1.82, 2.24) is 25.4 Å². The Balaban J connectivity index is 1.30. The number of hydrogen-bond acceptors (Lipinski definition) is 6. The molecule has 3 atom stereocenters. The van der Waals surface area contributed by atoms with E-state index in [-0.39, 0.29) is 24.1 Å². The van der Waals surface area contributed by atoms with Gasteiger partial charge in [-0.3, -0.25) is 29.9 Å². The van der Waals surface area contributed by atoms with Crippen LogP contribution in [-0.4, -0.2) is 50.6 Å². The summed E-state index contributed by atoms with van der Waals surface area (Å²) < 4.78 is 22.2. The Morgan fingerprint density at radius 1 is 1.30 bits per heavy atom. The molecule has 3 fully saturated rings. The molecule has 2 aromatic heterocycles. The second-order valence-electron chi connectivity index (χ2n) is 9.47. The van der Waals surface area contributed by atoms with Crippen LogP contribution in [0.5, 0.6) is 0 Å². The van der Waals surface area contributed by atoms with E-state index in [2.05, 4.69) is 25.4 Å². The summed E-state index contributed by atoms with van der Waals surface area (Å²) in [5.74, 6) is -1.49. The van der Waals surface area contributed by atoms with Crippen molar-refractivity contribution in [2.75, 3.05) is 13.1 Å². The van der Waals surface area contributed by atoms with Gasteiger partial charge in [0.2, 0.25) is 11.8 Å². The summed E-state index contributed by atoms with van der Waals surface area (Å²) in [7, 11) is 0. The van der Waals surface area contributed by atoms with Gasteiger partial charge in [0.25, 0.3) is 0 Å². The number of nitrogens with zero attached hydrogens (tertiary/aromatic N) is 3. The molecule has 0 spiro atoms. The molecule has 170 valence electrons. The van der Waals surface area contributed by atoms with Crippen molar-refractivity contribution in [1.29, 1.82) is 0 Å². The van der Waals surface area contributed by atoms with Gasteiger partial charge in [-0.05, 0) is 43.5 Å². The summed E-state index contributed by atoms with van der Waals surface area (Å²) in [6.45, 7) is 4.25. The van der Waals surface area contributed by atoms with Gasteiger partial charge in [-0.25, -0.2) is 4.39 Å². The third kappa shape index (κ3) is 3.18. The highest BCUT2D eigenvalue weighted by atomic mass is 19.1. The molecule has 0 bridgehead atoms. The number of nitrogens with one attached hydrogen (secondary N) is 2. The number of likely N-dealkylation sites (tertiary alicyclic amines) is 1. The number of ether oxygens (including phenoxy) is 1. The topological polar surface area (TPSA) is 104 Å². The summed E-state index contributed by atoms with van der Waals surface area (Å²) in [4.78, 5) is 30.5. The zero-order valence-corrected chi connectivity index (χ0v) is 18.2. The van der Waals surface area contributed by atoms with Gasteiger partial charge < -0.3 is 4.74 Å². The van der Waals surface area contributed by atoms with Crippen LogP contribution in [0.25, 0.3) is 10.9 Å². The van der Waals surface area contributed by atoms with Crippen molar-refractivity contribution in [3.8, 4) is 0 Å². The first-order valence-corrected chi connectivity index (χ1v) is 11.2. The quantitative estimate of drug-likeness (QED) is 0.469. The first-order valence-electron chi connectivity index (χ1n) is 11.2. The Bertz CT molecular complexity index is 1280. The number of epoxide rings is 1. The van der Waals surface area contributed by atoms with Crippen LogP contribution in [0, 0.1) is 5.82 Å². The monoisotopic (exact) mass is 449 g/mol. The lowest BCUT2D eigenvalue weighted by Gasteiger charge is -2.32. The summed E-state index contributed by atoms with van der Waals surface area (Å²) in [6, 6.07) is 7.25. The number of halogens is 1. The number of benzene rings is 1. The normalized spacial score (nSPS) is 29.7. The number of aromatic amines is 1. The van der Waals surface area contributed by atoms with E-state index in [1.807, 2.05) is 19.1 Å². The molecule has 0 saturated carbocycles. The molecule has 3 aliphatic heterocycles. The lowest BCUT2D eigenvalue weighted by Crippen LogP contribution is -2.44. The number of hydrogen-bond donors (Lipinski definition) is 2. The fourth-order valence-electron chi connectivity index (χ4n) is 5.57. The predicted molar refractivity (Wildman–Crippen MR) is 116 cm³/mol. The number of carbonyl (C=O) groups excluding carboxylic acids is 2. The highest BCUT2D eigenvalue weighted by Crippen LogP contribution is 2.61. The van der Waals surface area contributed by atoms with Gasteiger partial charge in [-0.2, -0.15) is 5.10 Å². The summed E-state index contributed by atoms with van der Waals surface area (Å²) in [5.41, 5.74) is 1.59. The largest absolute Gasteiger partial charge is 0.356 e. The molecule has 33 heavy (non-hydrogen) atoms. The van der Waals surface area contributed by atoms with Gasteiger partial charge in [0.1, 0.15) is 17.0 Å². The van der Waals surface area contributed by atoms with E-state index in [4.69, 9.17) is 4.74 Å². The number of aromatic nitrogens is 3. The van der Waals surface area contributed by atoms with Crippen molar-refractivity contribution >= 4 is 22.7 Å². The van der Waals surface area contributed by atoms with E-state index >= 15 is 4.39 Å². The van der Waals surface area contributed by atoms with Crippen LogP contribution in [-0.2, 0) is 26.5 Å². The van der Waals surface area contributed by atoms with Crippen molar-refractivity contribution in [2.24, 2.45) is 0 Å². The first kappa shape index (κ1) is 20.4. The number of rotatable bonds is 4. The van der Waals surface area contributed by atoms with Crippen molar-refractivity contribution in [2.45, 2.75) is 49.9 Å². The van der Waals surface area contributed by atoms with Crippen molar-refractivity contribution in [3.05, 3.63) is 59.3 Å². The third-order valence-corrected chi connectivity index (χ3v) is 7.37. The van der Waals surface area contributed by atoms with Crippen molar-refractivity contribution < 1.29 is 18.7 Å².